The van der Waals surface area contributed by atoms with Crippen molar-refractivity contribution in [1.29, 1.82) is 0 Å². The second-order valence-electron chi connectivity index (χ2n) is 7.71. The van der Waals surface area contributed by atoms with Gasteiger partial charge in [-0.05, 0) is 37.2 Å². The second-order valence-corrected chi connectivity index (χ2v) is 7.71. The fraction of sp³-hybridized carbons (Fsp3) is 0.423. The fourth-order valence-corrected chi connectivity index (χ4v) is 3.40. The highest BCUT2D eigenvalue weighted by Crippen LogP contribution is 2.15. The van der Waals surface area contributed by atoms with Crippen LogP contribution in [0.3, 0.4) is 0 Å². The molecule has 1 N–H and O–H groups in total. The number of carbonyl (C=O) groups excluding carboxylic acids is 2. The largest absolute Gasteiger partial charge is 0.377 e. The maximum atomic E-state index is 12.9. The van der Waals surface area contributed by atoms with Crippen LogP contribution in [0.2, 0.25) is 0 Å². The Balaban J connectivity index is 0.000000695. The zero-order valence-corrected chi connectivity index (χ0v) is 20.2. The molecular weight excluding hydrogens is 416 g/mol. The third-order valence-electron chi connectivity index (χ3n) is 5.25. The number of nitrogens with one attached hydrogen (secondary N) is 1. The molecule has 178 valence electrons. The number of amides is 2. The molecule has 0 aliphatic carbocycles. The van der Waals surface area contributed by atoms with E-state index < -0.39 is 0 Å². The van der Waals surface area contributed by atoms with Crippen LogP contribution in [0.5, 0.6) is 0 Å². The van der Waals surface area contributed by atoms with Gasteiger partial charge < -0.3 is 14.5 Å². The maximum Gasteiger partial charge on any atom is 0.253 e. The summed E-state index contributed by atoms with van der Waals surface area (Å²) in [6.07, 6.45) is 1.08. The molecule has 0 aromatic heterocycles. The van der Waals surface area contributed by atoms with E-state index in [9.17, 15) is 9.59 Å². The van der Waals surface area contributed by atoms with Crippen LogP contribution in [0.4, 0.5) is 0 Å². The van der Waals surface area contributed by atoms with Crippen LogP contribution in [0.25, 0.3) is 0 Å². The lowest BCUT2D eigenvalue weighted by Crippen LogP contribution is -2.47. The number of hydrogen-bond donors (Lipinski definition) is 1. The minimum Gasteiger partial charge on any atom is -0.377 e. The molecule has 33 heavy (non-hydrogen) atoms. The van der Waals surface area contributed by atoms with E-state index in [-0.39, 0.29) is 5.91 Å². The lowest BCUT2D eigenvalue weighted by molar-refractivity contribution is -0.109. The van der Waals surface area contributed by atoms with Crippen molar-refractivity contribution in [3.8, 4) is 0 Å². The molecule has 7 heteroatoms. The summed E-state index contributed by atoms with van der Waals surface area (Å²) in [5.74, 6) is 0.0651. The number of hydrogen-bond acceptors (Lipinski definition) is 5. The number of aryl methyl sites for hydroxylation is 1. The van der Waals surface area contributed by atoms with Crippen LogP contribution < -0.4 is 5.43 Å². The molecule has 0 unspecified atom stereocenters. The van der Waals surface area contributed by atoms with Gasteiger partial charge in [-0.15, -0.1) is 0 Å². The van der Waals surface area contributed by atoms with E-state index >= 15 is 0 Å². The molecule has 2 saturated heterocycles. The van der Waals surface area contributed by atoms with Gasteiger partial charge in [0.05, 0.1) is 18.9 Å². The topological polar surface area (TPSA) is 77.5 Å². The van der Waals surface area contributed by atoms with Crippen LogP contribution in [0.1, 0.15) is 40.9 Å². The van der Waals surface area contributed by atoms with Crippen molar-refractivity contribution in [3.63, 3.8) is 0 Å². The zero-order chi connectivity index (χ0) is 24.1. The van der Waals surface area contributed by atoms with Crippen LogP contribution in [0, 0.1) is 6.92 Å². The molecule has 0 saturated carbocycles. The molecule has 0 spiro atoms. The summed E-state index contributed by atoms with van der Waals surface area (Å²) in [5.41, 5.74) is 6.91. The average Bonchev–Trinajstić information content (AvgIpc) is 3.73. The first kappa shape index (κ1) is 26.2. The van der Waals surface area contributed by atoms with Gasteiger partial charge in [0.2, 0.25) is 6.41 Å². The minimum absolute atomic E-state index is 0.0651. The van der Waals surface area contributed by atoms with Gasteiger partial charge in [-0.2, -0.15) is 5.10 Å². The Morgan fingerprint density at radius 1 is 1.06 bits per heavy atom. The summed E-state index contributed by atoms with van der Waals surface area (Å²) in [4.78, 5) is 27.7. The molecule has 2 heterocycles. The quantitative estimate of drug-likeness (QED) is 0.316. The van der Waals surface area contributed by atoms with Crippen molar-refractivity contribution in [2.75, 3.05) is 46.4 Å². The zero-order valence-electron chi connectivity index (χ0n) is 20.2. The van der Waals surface area contributed by atoms with Gasteiger partial charge in [0.1, 0.15) is 0 Å². The summed E-state index contributed by atoms with van der Waals surface area (Å²) in [5, 5.41) is 4.24. The number of likely N-dealkylation sites (N-methyl/N-ethyl adjacent to an activating group) is 1. The van der Waals surface area contributed by atoms with E-state index in [0.29, 0.717) is 18.4 Å². The summed E-state index contributed by atoms with van der Waals surface area (Å²) >= 11 is 0. The molecule has 7 nitrogen and oxygen atoms in total. The predicted octanol–water partition coefficient (Wildman–Crippen LogP) is 3.12. The molecule has 4 rings (SSSR count). The van der Waals surface area contributed by atoms with Crippen molar-refractivity contribution in [2.24, 2.45) is 5.10 Å². The number of carbonyl (C=O) groups is 2. The van der Waals surface area contributed by atoms with Gasteiger partial charge in [0, 0.05) is 43.7 Å². The van der Waals surface area contributed by atoms with E-state index in [1.165, 1.54) is 0 Å². The summed E-state index contributed by atoms with van der Waals surface area (Å²) < 4.78 is 4.50. The molecule has 2 aromatic carbocycles. The lowest BCUT2D eigenvalue weighted by Gasteiger charge is -2.32. The van der Waals surface area contributed by atoms with Gasteiger partial charge in [-0.3, -0.25) is 9.59 Å². The molecule has 2 aliphatic heterocycles. The number of epoxide rings is 1. The Morgan fingerprint density at radius 3 is 2.33 bits per heavy atom. The Kier molecular flexibility index (Phi) is 11.3. The smallest absolute Gasteiger partial charge is 0.253 e. The fourth-order valence-electron chi connectivity index (χ4n) is 3.40. The molecule has 2 fully saturated rings. The lowest BCUT2D eigenvalue weighted by atomic mass is 9.97. The summed E-state index contributed by atoms with van der Waals surface area (Å²) in [6.45, 7) is 11.3. The monoisotopic (exact) mass is 452 g/mol. The van der Waals surface area contributed by atoms with E-state index in [1.807, 2.05) is 74.2 Å². The van der Waals surface area contributed by atoms with Gasteiger partial charge >= 0.3 is 0 Å². The number of ether oxygens (including phenoxy) is 1. The predicted molar refractivity (Wildman–Crippen MR) is 133 cm³/mol. The van der Waals surface area contributed by atoms with Crippen molar-refractivity contribution in [2.45, 2.75) is 27.2 Å². The van der Waals surface area contributed by atoms with Crippen molar-refractivity contribution in [3.05, 3.63) is 70.8 Å². The van der Waals surface area contributed by atoms with E-state index in [4.69, 9.17) is 0 Å². The van der Waals surface area contributed by atoms with Crippen LogP contribution >= 0.6 is 0 Å². The van der Waals surface area contributed by atoms with Crippen LogP contribution in [0.15, 0.2) is 53.6 Å². The first-order chi connectivity index (χ1) is 16.1. The summed E-state index contributed by atoms with van der Waals surface area (Å²) in [7, 11) is 2.07. The first-order valence-corrected chi connectivity index (χ1v) is 11.5. The third kappa shape index (κ3) is 8.79. The van der Waals surface area contributed by atoms with Crippen molar-refractivity contribution >= 4 is 18.0 Å². The Hall–Kier alpha value is -3.03. The average molecular weight is 453 g/mol. The van der Waals surface area contributed by atoms with E-state index in [0.717, 1.165) is 61.8 Å². The molecule has 2 aromatic rings. The van der Waals surface area contributed by atoms with Gasteiger partial charge in [0.15, 0.2) is 0 Å². The standard InChI is InChI=1S/C22H26N4O2.C2H4O.C2H6/c1-17-6-3-4-9-20(17)21(24-23-16-27)15-18-7-5-8-19(14-18)22(28)26-12-10-25(2)11-13-26;1-2-3-1;1-2/h3-9,14,16H,10-13,15H2,1-2H3,(H,23,27);1-2H2;1-2H3/b24-21-;;. The Labute approximate surface area is 197 Å². The number of benzene rings is 2. The maximum absolute atomic E-state index is 12.9. The van der Waals surface area contributed by atoms with Crippen LogP contribution in [-0.2, 0) is 16.0 Å². The molecule has 0 atom stereocenters. The van der Waals surface area contributed by atoms with Crippen molar-refractivity contribution in [1.82, 2.24) is 15.2 Å². The highest BCUT2D eigenvalue weighted by molar-refractivity contribution is 6.03. The number of piperazine rings is 1. The SMILES string of the molecule is C1CO1.CC.Cc1ccccc1/C(Cc1cccc(C(=O)N2CCN(C)CC2)c1)=N\NC=O. The molecule has 0 radical (unpaired) electrons. The summed E-state index contributed by atoms with van der Waals surface area (Å²) in [6, 6.07) is 15.6. The van der Waals surface area contributed by atoms with Crippen LogP contribution in [-0.4, -0.2) is 74.3 Å². The number of hydrazone groups is 1. The molecule has 2 aliphatic rings. The highest BCUT2D eigenvalue weighted by Gasteiger charge is 2.20. The van der Waals surface area contributed by atoms with E-state index in [2.05, 4.69) is 27.2 Å². The number of nitrogens with zero attached hydrogens (tertiary/aromatic N) is 3. The highest BCUT2D eigenvalue weighted by atomic mass is 16.6. The third-order valence-corrected chi connectivity index (χ3v) is 5.25. The second kappa shape index (κ2) is 14.2. The molecular formula is C26H36N4O3. The number of rotatable bonds is 6. The molecule has 0 bridgehead atoms. The van der Waals surface area contributed by atoms with Gasteiger partial charge in [-0.1, -0.05) is 50.2 Å². The van der Waals surface area contributed by atoms with E-state index in [1.54, 1.807) is 0 Å². The van der Waals surface area contributed by atoms with Gasteiger partial charge in [0.25, 0.3) is 5.91 Å². The molecule has 2 amide bonds. The normalized spacial score (nSPS) is 15.4. The first-order valence-electron chi connectivity index (χ1n) is 11.5. The Bertz CT molecular complexity index is 917. The minimum atomic E-state index is 0.0651. The van der Waals surface area contributed by atoms with Crippen molar-refractivity contribution < 1.29 is 14.3 Å². The van der Waals surface area contributed by atoms with Gasteiger partial charge in [-0.25, -0.2) is 5.43 Å². The Morgan fingerprint density at radius 2 is 1.73 bits per heavy atom.